The summed E-state index contributed by atoms with van der Waals surface area (Å²) in [6.45, 7) is 4.65. The number of sulfone groups is 1. The molecular weight excluding hydrogens is 527 g/mol. The lowest BCUT2D eigenvalue weighted by Gasteiger charge is -2.22. The van der Waals surface area contributed by atoms with E-state index in [9.17, 15) is 8.42 Å². The van der Waals surface area contributed by atoms with Crippen LogP contribution in [0.2, 0.25) is 0 Å². The Labute approximate surface area is 202 Å². The van der Waals surface area contributed by atoms with Crippen LogP contribution in [0.3, 0.4) is 0 Å². The van der Waals surface area contributed by atoms with Gasteiger partial charge in [0.15, 0.2) is 15.8 Å². The molecule has 0 spiro atoms. The zero-order valence-corrected chi connectivity index (χ0v) is 21.1. The second-order valence-electron chi connectivity index (χ2n) is 7.14. The van der Waals surface area contributed by atoms with E-state index in [2.05, 4.69) is 26.6 Å². The predicted molar refractivity (Wildman–Crippen MR) is 137 cm³/mol. The van der Waals surface area contributed by atoms with E-state index >= 15 is 0 Å². The molecule has 170 valence electrons. The van der Waals surface area contributed by atoms with Crippen molar-refractivity contribution < 1.29 is 13.2 Å². The number of methoxy groups -OCH3 is 1. The molecule has 31 heavy (non-hydrogen) atoms. The van der Waals surface area contributed by atoms with Crippen LogP contribution in [-0.4, -0.2) is 59.5 Å². The molecule has 1 saturated heterocycles. The van der Waals surface area contributed by atoms with Crippen molar-refractivity contribution in [3.8, 4) is 5.75 Å². The normalized spacial score (nSPS) is 16.5. The average Bonchev–Trinajstić information content (AvgIpc) is 3.22. The van der Waals surface area contributed by atoms with E-state index in [0.717, 1.165) is 30.9 Å². The number of aliphatic imine (C=N–C) groups is 1. The van der Waals surface area contributed by atoms with Gasteiger partial charge in [-0.25, -0.2) is 8.42 Å². The van der Waals surface area contributed by atoms with Crippen LogP contribution in [-0.2, 0) is 9.84 Å². The van der Waals surface area contributed by atoms with Crippen molar-refractivity contribution in [2.45, 2.75) is 24.3 Å². The van der Waals surface area contributed by atoms with Gasteiger partial charge in [0, 0.05) is 25.7 Å². The van der Waals surface area contributed by atoms with E-state index in [1.165, 1.54) is 0 Å². The lowest BCUT2D eigenvalue weighted by molar-refractivity contribution is 0.415. The number of guanidine groups is 1. The molecule has 1 unspecified atom stereocenters. The fourth-order valence-electron chi connectivity index (χ4n) is 3.52. The van der Waals surface area contributed by atoms with Gasteiger partial charge in [0.05, 0.1) is 30.0 Å². The Hall–Kier alpha value is -2.01. The molecule has 1 heterocycles. The first-order valence-corrected chi connectivity index (χ1v) is 11.9. The number of para-hydroxylation sites is 2. The maximum Gasteiger partial charge on any atom is 0.191 e. The number of hydrogen-bond acceptors (Lipinski definition) is 5. The monoisotopic (exact) mass is 558 g/mol. The molecule has 0 aromatic heterocycles. The Morgan fingerprint density at radius 2 is 1.87 bits per heavy atom. The number of halogens is 1. The molecule has 3 rings (SSSR count). The summed E-state index contributed by atoms with van der Waals surface area (Å²) in [7, 11) is -1.65. The highest BCUT2D eigenvalue weighted by Gasteiger charge is 2.25. The van der Waals surface area contributed by atoms with Gasteiger partial charge in [-0.3, -0.25) is 4.99 Å². The number of nitrogens with zero attached hydrogens (tertiary/aromatic N) is 2. The number of anilines is 1. The first-order chi connectivity index (χ1) is 14.5. The Kier molecular flexibility index (Phi) is 9.89. The van der Waals surface area contributed by atoms with Gasteiger partial charge in [0.25, 0.3) is 0 Å². The van der Waals surface area contributed by atoms with Gasteiger partial charge in [0.2, 0.25) is 0 Å². The smallest absolute Gasteiger partial charge is 0.191 e. The molecule has 7 nitrogen and oxygen atoms in total. The van der Waals surface area contributed by atoms with Crippen molar-refractivity contribution in [3.63, 3.8) is 0 Å². The molecular formula is C22H31IN4O3S. The van der Waals surface area contributed by atoms with E-state index in [4.69, 9.17) is 4.74 Å². The van der Waals surface area contributed by atoms with E-state index < -0.39 is 9.84 Å². The number of nitrogens with one attached hydrogen (secondary N) is 2. The summed E-state index contributed by atoms with van der Waals surface area (Å²) in [5.41, 5.74) is 1.08. The second kappa shape index (κ2) is 12.1. The van der Waals surface area contributed by atoms with Crippen LogP contribution >= 0.6 is 24.0 Å². The van der Waals surface area contributed by atoms with Crippen LogP contribution in [0.5, 0.6) is 5.75 Å². The lowest BCUT2D eigenvalue weighted by atomic mass is 10.2. The van der Waals surface area contributed by atoms with Gasteiger partial charge in [0.1, 0.15) is 5.75 Å². The van der Waals surface area contributed by atoms with Gasteiger partial charge in [-0.1, -0.05) is 30.3 Å². The second-order valence-corrected chi connectivity index (χ2v) is 9.25. The van der Waals surface area contributed by atoms with Crippen molar-refractivity contribution in [2.24, 2.45) is 4.99 Å². The molecule has 1 atom stereocenters. The number of rotatable bonds is 8. The minimum atomic E-state index is -3.34. The van der Waals surface area contributed by atoms with Crippen LogP contribution < -0.4 is 20.3 Å². The first kappa shape index (κ1) is 25.3. The maximum atomic E-state index is 12.4. The third-order valence-corrected chi connectivity index (χ3v) is 6.74. The van der Waals surface area contributed by atoms with Gasteiger partial charge in [-0.15, -0.1) is 24.0 Å². The standard InChI is InChI=1S/C22H30N4O3S.HI/c1-3-23-22(24-14-16-30(27,28)19-9-5-4-6-10-19)25-18-13-15-26(17-18)20-11-7-8-12-21(20)29-2;/h4-12,18H,3,13-17H2,1-2H3,(H2,23,24,25);1H. The summed E-state index contributed by atoms with van der Waals surface area (Å²) < 4.78 is 30.4. The molecule has 0 amide bonds. The number of benzene rings is 2. The molecule has 0 saturated carbocycles. The number of ether oxygens (including phenoxy) is 1. The van der Waals surface area contributed by atoms with Crippen LogP contribution in [0.1, 0.15) is 13.3 Å². The van der Waals surface area contributed by atoms with Crippen LogP contribution in [0.25, 0.3) is 0 Å². The molecule has 0 bridgehead atoms. The van der Waals surface area contributed by atoms with E-state index in [0.29, 0.717) is 17.4 Å². The van der Waals surface area contributed by atoms with Crippen molar-refractivity contribution in [1.82, 2.24) is 10.6 Å². The zero-order valence-electron chi connectivity index (χ0n) is 18.0. The maximum absolute atomic E-state index is 12.4. The zero-order chi connectivity index (χ0) is 21.4. The largest absolute Gasteiger partial charge is 0.495 e. The van der Waals surface area contributed by atoms with Crippen LogP contribution in [0, 0.1) is 0 Å². The molecule has 2 N–H and O–H groups in total. The third kappa shape index (κ3) is 6.99. The minimum Gasteiger partial charge on any atom is -0.495 e. The van der Waals surface area contributed by atoms with Gasteiger partial charge < -0.3 is 20.3 Å². The topological polar surface area (TPSA) is 83.0 Å². The Balaban J connectivity index is 0.00000341. The van der Waals surface area contributed by atoms with Crippen molar-refractivity contribution in [1.29, 1.82) is 0 Å². The quantitative estimate of drug-likeness (QED) is 0.295. The Morgan fingerprint density at radius 3 is 2.58 bits per heavy atom. The van der Waals surface area contributed by atoms with Gasteiger partial charge in [-0.05, 0) is 37.6 Å². The Bertz CT molecular complexity index is 954. The van der Waals surface area contributed by atoms with Gasteiger partial charge in [-0.2, -0.15) is 0 Å². The van der Waals surface area contributed by atoms with E-state index in [-0.39, 0.29) is 42.3 Å². The molecule has 1 aliphatic heterocycles. The fraction of sp³-hybridized carbons (Fsp3) is 0.409. The minimum absolute atomic E-state index is 0. The SMILES string of the molecule is CCNC(=NCCS(=O)(=O)c1ccccc1)NC1CCN(c2ccccc2OC)C1.I. The molecule has 9 heteroatoms. The number of hydrogen-bond donors (Lipinski definition) is 2. The highest BCUT2D eigenvalue weighted by Crippen LogP contribution is 2.30. The lowest BCUT2D eigenvalue weighted by Crippen LogP contribution is -2.44. The third-order valence-electron chi connectivity index (χ3n) is 5.03. The molecule has 2 aromatic rings. The average molecular weight is 558 g/mol. The Morgan fingerprint density at radius 1 is 1.16 bits per heavy atom. The van der Waals surface area contributed by atoms with Crippen LogP contribution in [0.4, 0.5) is 5.69 Å². The summed E-state index contributed by atoms with van der Waals surface area (Å²) in [5, 5.41) is 6.66. The summed E-state index contributed by atoms with van der Waals surface area (Å²) >= 11 is 0. The highest BCUT2D eigenvalue weighted by atomic mass is 127. The molecule has 1 aliphatic rings. The summed E-state index contributed by atoms with van der Waals surface area (Å²) in [4.78, 5) is 7.12. The first-order valence-electron chi connectivity index (χ1n) is 10.2. The molecule has 2 aromatic carbocycles. The van der Waals surface area contributed by atoms with Crippen molar-refractivity contribution >= 4 is 45.5 Å². The molecule has 1 fully saturated rings. The molecule has 0 radical (unpaired) electrons. The fourth-order valence-corrected chi connectivity index (χ4v) is 4.66. The van der Waals surface area contributed by atoms with E-state index in [1.807, 2.05) is 25.1 Å². The van der Waals surface area contributed by atoms with Crippen molar-refractivity contribution in [3.05, 3.63) is 54.6 Å². The van der Waals surface area contributed by atoms with Gasteiger partial charge >= 0.3 is 0 Å². The van der Waals surface area contributed by atoms with Crippen LogP contribution in [0.15, 0.2) is 64.5 Å². The highest BCUT2D eigenvalue weighted by molar-refractivity contribution is 14.0. The summed E-state index contributed by atoms with van der Waals surface area (Å²) in [6.07, 6.45) is 0.963. The van der Waals surface area contributed by atoms with Crippen molar-refractivity contribution in [2.75, 3.05) is 43.9 Å². The predicted octanol–water partition coefficient (Wildman–Crippen LogP) is 2.92. The molecule has 0 aliphatic carbocycles. The summed E-state index contributed by atoms with van der Waals surface area (Å²) in [5.74, 6) is 1.49. The summed E-state index contributed by atoms with van der Waals surface area (Å²) in [6, 6.07) is 16.7. The van der Waals surface area contributed by atoms with E-state index in [1.54, 1.807) is 37.4 Å².